The van der Waals surface area contributed by atoms with E-state index in [1.54, 1.807) is 6.07 Å². The van der Waals surface area contributed by atoms with Crippen LogP contribution in [0.4, 0.5) is 5.82 Å². The highest BCUT2D eigenvalue weighted by Gasteiger charge is 2.09. The molecule has 3 N–H and O–H groups in total. The van der Waals surface area contributed by atoms with E-state index in [0.717, 1.165) is 5.69 Å². The molecule has 0 spiro atoms. The molecule has 82 valence electrons. The van der Waals surface area contributed by atoms with Crippen LogP contribution >= 0.6 is 0 Å². The zero-order valence-electron chi connectivity index (χ0n) is 8.50. The van der Waals surface area contributed by atoms with Crippen molar-refractivity contribution in [2.24, 2.45) is 0 Å². The van der Waals surface area contributed by atoms with Crippen LogP contribution in [0.15, 0.2) is 36.4 Å². The van der Waals surface area contributed by atoms with Gasteiger partial charge < -0.3 is 10.8 Å². The Labute approximate surface area is 92.1 Å². The molecule has 0 radical (unpaired) electrons. The SMILES string of the molecule is Nc1cc(CC(=O)O)nn1-c1ccccc1. The van der Waals surface area contributed by atoms with Crippen LogP contribution in [0.1, 0.15) is 5.69 Å². The topological polar surface area (TPSA) is 81.1 Å². The van der Waals surface area contributed by atoms with Gasteiger partial charge in [0.1, 0.15) is 5.82 Å². The third-order valence-corrected chi connectivity index (χ3v) is 2.12. The summed E-state index contributed by atoms with van der Waals surface area (Å²) in [5.74, 6) is -0.486. The Morgan fingerprint density at radius 3 is 2.69 bits per heavy atom. The molecule has 0 aliphatic rings. The average molecular weight is 217 g/mol. The fourth-order valence-corrected chi connectivity index (χ4v) is 1.46. The van der Waals surface area contributed by atoms with Gasteiger partial charge in [0.25, 0.3) is 0 Å². The number of aliphatic carboxylic acids is 1. The summed E-state index contributed by atoms with van der Waals surface area (Å²) in [7, 11) is 0. The number of nitrogens with two attached hydrogens (primary N) is 1. The molecule has 5 nitrogen and oxygen atoms in total. The molecular formula is C11H11N3O2. The highest BCUT2D eigenvalue weighted by molar-refractivity contribution is 5.70. The molecule has 1 heterocycles. The molecule has 0 aliphatic carbocycles. The number of carbonyl (C=O) groups is 1. The monoisotopic (exact) mass is 217 g/mol. The third kappa shape index (κ3) is 2.03. The van der Waals surface area contributed by atoms with Gasteiger partial charge in [-0.1, -0.05) is 18.2 Å². The number of carboxylic acid groups (broad SMARTS) is 1. The first-order valence-electron chi connectivity index (χ1n) is 4.78. The molecule has 0 aliphatic heterocycles. The zero-order valence-corrected chi connectivity index (χ0v) is 8.50. The Kier molecular flexibility index (Phi) is 2.59. The quantitative estimate of drug-likeness (QED) is 0.806. The van der Waals surface area contributed by atoms with Crippen molar-refractivity contribution in [1.29, 1.82) is 0 Å². The van der Waals surface area contributed by atoms with Gasteiger partial charge in [-0.3, -0.25) is 4.79 Å². The van der Waals surface area contributed by atoms with Gasteiger partial charge in [0.05, 0.1) is 17.8 Å². The summed E-state index contributed by atoms with van der Waals surface area (Å²) >= 11 is 0. The van der Waals surface area contributed by atoms with Gasteiger partial charge in [-0.25, -0.2) is 4.68 Å². The maximum absolute atomic E-state index is 10.5. The van der Waals surface area contributed by atoms with Gasteiger partial charge >= 0.3 is 5.97 Å². The Bertz CT molecular complexity index is 505. The van der Waals surface area contributed by atoms with Crippen LogP contribution in [0.5, 0.6) is 0 Å². The highest BCUT2D eigenvalue weighted by atomic mass is 16.4. The first kappa shape index (κ1) is 10.2. The van der Waals surface area contributed by atoms with E-state index < -0.39 is 5.97 Å². The Hall–Kier alpha value is -2.30. The standard InChI is InChI=1S/C11H11N3O2/c12-10-6-8(7-11(15)16)13-14(10)9-4-2-1-3-5-9/h1-6H,7,12H2,(H,15,16). The summed E-state index contributed by atoms with van der Waals surface area (Å²) in [4.78, 5) is 10.5. The van der Waals surface area contributed by atoms with Crippen molar-refractivity contribution in [3.05, 3.63) is 42.1 Å². The number of rotatable bonds is 3. The number of carboxylic acids is 1. The number of benzene rings is 1. The van der Waals surface area contributed by atoms with Gasteiger partial charge in [-0.05, 0) is 12.1 Å². The molecule has 1 aromatic heterocycles. The zero-order chi connectivity index (χ0) is 11.5. The summed E-state index contributed by atoms with van der Waals surface area (Å²) < 4.78 is 1.53. The van der Waals surface area contributed by atoms with E-state index in [-0.39, 0.29) is 6.42 Å². The van der Waals surface area contributed by atoms with Crippen LogP contribution in [0, 0.1) is 0 Å². The van der Waals surface area contributed by atoms with Gasteiger partial charge in [0.15, 0.2) is 0 Å². The molecule has 0 bridgehead atoms. The summed E-state index contributed by atoms with van der Waals surface area (Å²) in [5.41, 5.74) is 7.03. The molecular weight excluding hydrogens is 206 g/mol. The van der Waals surface area contributed by atoms with Crippen molar-refractivity contribution in [2.45, 2.75) is 6.42 Å². The van der Waals surface area contributed by atoms with Crippen LogP contribution in [-0.4, -0.2) is 20.9 Å². The van der Waals surface area contributed by atoms with E-state index in [1.807, 2.05) is 30.3 Å². The highest BCUT2D eigenvalue weighted by Crippen LogP contribution is 2.14. The largest absolute Gasteiger partial charge is 0.481 e. The fourth-order valence-electron chi connectivity index (χ4n) is 1.46. The summed E-state index contributed by atoms with van der Waals surface area (Å²) in [5, 5.41) is 12.8. The second-order valence-electron chi connectivity index (χ2n) is 3.38. The van der Waals surface area contributed by atoms with Gasteiger partial charge in [0.2, 0.25) is 0 Å². The Morgan fingerprint density at radius 1 is 1.38 bits per heavy atom. The van der Waals surface area contributed by atoms with Crippen molar-refractivity contribution in [3.8, 4) is 5.69 Å². The van der Waals surface area contributed by atoms with E-state index in [2.05, 4.69) is 5.10 Å². The number of hydrogen-bond donors (Lipinski definition) is 2. The first-order valence-corrected chi connectivity index (χ1v) is 4.78. The predicted octanol–water partition coefficient (Wildman–Crippen LogP) is 1.08. The lowest BCUT2D eigenvalue weighted by Crippen LogP contribution is -2.03. The minimum Gasteiger partial charge on any atom is -0.481 e. The maximum Gasteiger partial charge on any atom is 0.309 e. The third-order valence-electron chi connectivity index (χ3n) is 2.12. The smallest absolute Gasteiger partial charge is 0.309 e. The molecule has 0 saturated heterocycles. The second kappa shape index (κ2) is 4.06. The second-order valence-corrected chi connectivity index (χ2v) is 3.38. The van der Waals surface area contributed by atoms with Crippen LogP contribution in [0.2, 0.25) is 0 Å². The van der Waals surface area contributed by atoms with Crippen LogP contribution < -0.4 is 5.73 Å². The average Bonchev–Trinajstić information content (AvgIpc) is 2.60. The lowest BCUT2D eigenvalue weighted by molar-refractivity contribution is -0.136. The number of aromatic nitrogens is 2. The summed E-state index contributed by atoms with van der Waals surface area (Å²) in [6.07, 6.45) is -0.121. The summed E-state index contributed by atoms with van der Waals surface area (Å²) in [6.45, 7) is 0. The number of nitrogen functional groups attached to an aromatic ring is 1. The van der Waals surface area contributed by atoms with E-state index in [4.69, 9.17) is 10.8 Å². The van der Waals surface area contributed by atoms with Crippen molar-refractivity contribution < 1.29 is 9.90 Å². The molecule has 16 heavy (non-hydrogen) atoms. The molecule has 0 saturated carbocycles. The van der Waals surface area contributed by atoms with Gasteiger partial charge in [-0.15, -0.1) is 0 Å². The minimum atomic E-state index is -0.919. The molecule has 0 unspecified atom stereocenters. The van der Waals surface area contributed by atoms with Gasteiger partial charge in [0, 0.05) is 6.07 Å². The predicted molar refractivity (Wildman–Crippen MR) is 59.3 cm³/mol. The lowest BCUT2D eigenvalue weighted by atomic mass is 10.3. The fraction of sp³-hybridized carbons (Fsp3) is 0.0909. The minimum absolute atomic E-state index is 0.121. The number of nitrogens with zero attached hydrogens (tertiary/aromatic N) is 2. The first-order chi connectivity index (χ1) is 7.66. The van der Waals surface area contributed by atoms with Crippen molar-refractivity contribution in [2.75, 3.05) is 5.73 Å². The normalized spacial score (nSPS) is 10.2. The number of anilines is 1. The van der Waals surface area contributed by atoms with E-state index in [0.29, 0.717) is 11.5 Å². The van der Waals surface area contributed by atoms with E-state index in [9.17, 15) is 4.79 Å². The van der Waals surface area contributed by atoms with Crippen LogP contribution in [0.3, 0.4) is 0 Å². The van der Waals surface area contributed by atoms with Crippen LogP contribution in [0.25, 0.3) is 5.69 Å². The molecule has 5 heteroatoms. The Morgan fingerprint density at radius 2 is 2.06 bits per heavy atom. The Balaban J connectivity index is 2.36. The lowest BCUT2D eigenvalue weighted by Gasteiger charge is -2.02. The van der Waals surface area contributed by atoms with Crippen molar-refractivity contribution >= 4 is 11.8 Å². The molecule has 0 amide bonds. The van der Waals surface area contributed by atoms with Crippen molar-refractivity contribution in [1.82, 2.24) is 9.78 Å². The summed E-state index contributed by atoms with van der Waals surface area (Å²) in [6, 6.07) is 10.9. The molecule has 1 aromatic carbocycles. The maximum atomic E-state index is 10.5. The van der Waals surface area contributed by atoms with E-state index in [1.165, 1.54) is 4.68 Å². The van der Waals surface area contributed by atoms with Crippen LogP contribution in [-0.2, 0) is 11.2 Å². The molecule has 2 aromatic rings. The van der Waals surface area contributed by atoms with Crippen molar-refractivity contribution in [3.63, 3.8) is 0 Å². The molecule has 0 fully saturated rings. The number of para-hydroxylation sites is 1. The number of hydrogen-bond acceptors (Lipinski definition) is 3. The molecule has 0 atom stereocenters. The van der Waals surface area contributed by atoms with Gasteiger partial charge in [-0.2, -0.15) is 5.10 Å². The molecule has 2 rings (SSSR count). The van der Waals surface area contributed by atoms with E-state index >= 15 is 0 Å².